The molecule has 0 N–H and O–H groups in total. The summed E-state index contributed by atoms with van der Waals surface area (Å²) in [5.41, 5.74) is 1.59. The van der Waals surface area contributed by atoms with Crippen LogP contribution in [0.15, 0.2) is 35.9 Å². The van der Waals surface area contributed by atoms with Crippen LogP contribution in [0.5, 0.6) is 0 Å². The first-order chi connectivity index (χ1) is 8.52. The number of likely N-dealkylation sites (N-methyl/N-ethyl adjacent to an activating group) is 2. The Hall–Kier alpha value is -2.10. The largest absolute Gasteiger partial charge is 0.326 e. The second kappa shape index (κ2) is 4.64. The maximum absolute atomic E-state index is 12.1. The number of carbonyl (C=O) groups excluding carboxylic acids is 2. The van der Waals surface area contributed by atoms with Crippen LogP contribution >= 0.6 is 0 Å². The van der Waals surface area contributed by atoms with E-state index in [0.717, 1.165) is 10.5 Å². The van der Waals surface area contributed by atoms with Crippen molar-refractivity contribution in [2.24, 2.45) is 0 Å². The van der Waals surface area contributed by atoms with Gasteiger partial charge < -0.3 is 4.90 Å². The number of benzene rings is 1. The smallest absolute Gasteiger partial charge is 0.320 e. The van der Waals surface area contributed by atoms with Crippen molar-refractivity contribution in [3.63, 3.8) is 0 Å². The van der Waals surface area contributed by atoms with Crippen molar-refractivity contribution in [1.82, 2.24) is 9.80 Å². The third-order valence-corrected chi connectivity index (χ3v) is 3.29. The minimum atomic E-state index is -0.266. The molecule has 1 saturated heterocycles. The first-order valence-electron chi connectivity index (χ1n) is 5.84. The van der Waals surface area contributed by atoms with Gasteiger partial charge in [0, 0.05) is 19.7 Å². The number of imide groups is 1. The van der Waals surface area contributed by atoms with Crippen molar-refractivity contribution < 1.29 is 9.59 Å². The maximum Gasteiger partial charge on any atom is 0.326 e. The molecule has 1 aromatic carbocycles. The highest BCUT2D eigenvalue weighted by molar-refractivity contribution is 6.09. The first kappa shape index (κ1) is 12.4. The van der Waals surface area contributed by atoms with Crippen LogP contribution in [0.3, 0.4) is 0 Å². The maximum atomic E-state index is 12.1. The molecule has 0 radical (unpaired) electrons. The Morgan fingerprint density at radius 3 is 2.33 bits per heavy atom. The molecule has 18 heavy (non-hydrogen) atoms. The molecule has 1 fully saturated rings. The van der Waals surface area contributed by atoms with Gasteiger partial charge in [0.25, 0.3) is 5.91 Å². The third kappa shape index (κ3) is 2.01. The monoisotopic (exact) mass is 244 g/mol. The summed E-state index contributed by atoms with van der Waals surface area (Å²) < 4.78 is 0. The van der Waals surface area contributed by atoms with Gasteiger partial charge in [-0.1, -0.05) is 30.3 Å². The predicted molar refractivity (Wildman–Crippen MR) is 69.8 cm³/mol. The summed E-state index contributed by atoms with van der Waals surface area (Å²) >= 11 is 0. The van der Waals surface area contributed by atoms with Crippen molar-refractivity contribution in [2.75, 3.05) is 14.1 Å². The van der Waals surface area contributed by atoms with Gasteiger partial charge in [-0.15, -0.1) is 0 Å². The normalized spacial score (nSPS) is 22.8. The van der Waals surface area contributed by atoms with Crippen LogP contribution in [0.1, 0.15) is 12.5 Å². The Kier molecular flexibility index (Phi) is 3.19. The highest BCUT2D eigenvalue weighted by atomic mass is 16.2. The van der Waals surface area contributed by atoms with E-state index in [0.29, 0.717) is 5.57 Å². The quantitative estimate of drug-likeness (QED) is 0.709. The number of nitrogens with zero attached hydrogens (tertiary/aromatic N) is 2. The molecule has 3 amide bonds. The Morgan fingerprint density at radius 1 is 1.11 bits per heavy atom. The number of hydrogen-bond donors (Lipinski definition) is 0. The molecule has 1 unspecified atom stereocenters. The van der Waals surface area contributed by atoms with Gasteiger partial charge in [-0.25, -0.2) is 4.79 Å². The lowest BCUT2D eigenvalue weighted by Gasteiger charge is -2.36. The molecule has 0 aliphatic carbocycles. The van der Waals surface area contributed by atoms with Gasteiger partial charge in [0.2, 0.25) is 0 Å². The van der Waals surface area contributed by atoms with Crippen molar-refractivity contribution >= 4 is 18.0 Å². The average Bonchev–Trinajstić information content (AvgIpc) is 2.40. The van der Waals surface area contributed by atoms with E-state index in [-0.39, 0.29) is 18.0 Å². The van der Waals surface area contributed by atoms with Crippen LogP contribution in [-0.4, -0.2) is 41.9 Å². The summed E-state index contributed by atoms with van der Waals surface area (Å²) in [7, 11) is 3.21. The van der Waals surface area contributed by atoms with E-state index in [1.807, 2.05) is 43.3 Å². The summed E-state index contributed by atoms with van der Waals surface area (Å²) in [6.07, 6.45) is 1.84. The van der Waals surface area contributed by atoms with Crippen molar-refractivity contribution in [1.29, 1.82) is 0 Å². The lowest BCUT2D eigenvalue weighted by Crippen LogP contribution is -2.54. The molecule has 94 valence electrons. The molecular weight excluding hydrogens is 228 g/mol. The molecule has 4 nitrogen and oxygen atoms in total. The van der Waals surface area contributed by atoms with E-state index in [4.69, 9.17) is 0 Å². The highest BCUT2D eigenvalue weighted by Gasteiger charge is 2.35. The number of urea groups is 1. The lowest BCUT2D eigenvalue weighted by atomic mass is 10.0. The third-order valence-electron chi connectivity index (χ3n) is 3.29. The number of carbonyl (C=O) groups is 2. The van der Waals surface area contributed by atoms with Crippen LogP contribution in [0.4, 0.5) is 4.79 Å². The zero-order valence-corrected chi connectivity index (χ0v) is 10.8. The van der Waals surface area contributed by atoms with E-state index < -0.39 is 0 Å². The number of amides is 3. The number of rotatable bonds is 1. The SMILES string of the molecule is CC1C(=Cc2ccccc2)C(=O)N(C)C(=O)N1C. The standard InChI is InChI=1S/C14H16N2O2/c1-10-12(9-11-7-5-4-6-8-11)13(17)16(3)14(18)15(10)2/h4-10H,1-3H3. The van der Waals surface area contributed by atoms with Crippen molar-refractivity contribution in [3.8, 4) is 0 Å². The molecule has 1 aliphatic heterocycles. The summed E-state index contributed by atoms with van der Waals surface area (Å²) in [5, 5.41) is 0. The fraction of sp³-hybridized carbons (Fsp3) is 0.286. The van der Waals surface area contributed by atoms with E-state index >= 15 is 0 Å². The van der Waals surface area contributed by atoms with Gasteiger partial charge in [-0.3, -0.25) is 9.69 Å². The minimum Gasteiger partial charge on any atom is -0.320 e. The zero-order valence-electron chi connectivity index (χ0n) is 10.8. The second-order valence-corrected chi connectivity index (χ2v) is 4.44. The van der Waals surface area contributed by atoms with Gasteiger partial charge >= 0.3 is 6.03 Å². The van der Waals surface area contributed by atoms with Crippen LogP contribution < -0.4 is 0 Å². The Labute approximate surface area is 106 Å². The summed E-state index contributed by atoms with van der Waals surface area (Å²) in [6, 6.07) is 9.16. The summed E-state index contributed by atoms with van der Waals surface area (Å²) in [5.74, 6) is -0.227. The molecule has 0 aromatic heterocycles. The molecule has 4 heteroatoms. The van der Waals surface area contributed by atoms with Crippen LogP contribution in [0, 0.1) is 0 Å². The number of hydrogen-bond acceptors (Lipinski definition) is 2. The zero-order chi connectivity index (χ0) is 13.3. The fourth-order valence-corrected chi connectivity index (χ4v) is 1.98. The van der Waals surface area contributed by atoms with Gasteiger partial charge in [0.15, 0.2) is 0 Å². The van der Waals surface area contributed by atoms with Gasteiger partial charge in [-0.2, -0.15) is 0 Å². The average molecular weight is 244 g/mol. The van der Waals surface area contributed by atoms with Crippen LogP contribution in [-0.2, 0) is 4.79 Å². The molecule has 0 spiro atoms. The minimum absolute atomic E-state index is 0.207. The second-order valence-electron chi connectivity index (χ2n) is 4.44. The van der Waals surface area contributed by atoms with E-state index in [2.05, 4.69) is 0 Å². The Morgan fingerprint density at radius 2 is 1.72 bits per heavy atom. The van der Waals surface area contributed by atoms with E-state index in [1.165, 1.54) is 7.05 Å². The van der Waals surface area contributed by atoms with Gasteiger partial charge in [0.1, 0.15) is 0 Å². The van der Waals surface area contributed by atoms with Crippen molar-refractivity contribution in [3.05, 3.63) is 41.5 Å². The molecule has 1 atom stereocenters. The first-order valence-corrected chi connectivity index (χ1v) is 5.84. The highest BCUT2D eigenvalue weighted by Crippen LogP contribution is 2.22. The van der Waals surface area contributed by atoms with Crippen LogP contribution in [0.2, 0.25) is 0 Å². The Bertz CT molecular complexity index is 508. The van der Waals surface area contributed by atoms with Gasteiger partial charge in [0.05, 0.1) is 6.04 Å². The van der Waals surface area contributed by atoms with Crippen LogP contribution in [0.25, 0.3) is 6.08 Å². The molecular formula is C14H16N2O2. The Balaban J connectivity index is 2.40. The van der Waals surface area contributed by atoms with E-state index in [1.54, 1.807) is 11.9 Å². The van der Waals surface area contributed by atoms with Crippen molar-refractivity contribution in [2.45, 2.75) is 13.0 Å². The summed E-state index contributed by atoms with van der Waals surface area (Å²) in [4.78, 5) is 26.6. The molecule has 1 aromatic rings. The van der Waals surface area contributed by atoms with E-state index in [9.17, 15) is 9.59 Å². The molecule has 2 rings (SSSR count). The molecule has 0 saturated carbocycles. The molecule has 0 bridgehead atoms. The summed E-state index contributed by atoms with van der Waals surface area (Å²) in [6.45, 7) is 1.86. The predicted octanol–water partition coefficient (Wildman–Crippen LogP) is 1.98. The fourth-order valence-electron chi connectivity index (χ4n) is 1.98. The molecule has 1 heterocycles. The van der Waals surface area contributed by atoms with Gasteiger partial charge in [-0.05, 0) is 18.6 Å². The topological polar surface area (TPSA) is 40.6 Å². The molecule has 1 aliphatic rings. The lowest BCUT2D eigenvalue weighted by molar-refractivity contribution is -0.125.